The van der Waals surface area contributed by atoms with Gasteiger partial charge in [0, 0.05) is 12.5 Å². The van der Waals surface area contributed by atoms with E-state index in [0.29, 0.717) is 5.56 Å². The molecule has 98 valence electrons. The minimum absolute atomic E-state index is 0.0536. The third-order valence-corrected chi connectivity index (χ3v) is 2.53. The number of ether oxygens (including phenoxy) is 1. The Morgan fingerprint density at radius 2 is 1.83 bits per heavy atom. The molecule has 0 aliphatic carbocycles. The van der Waals surface area contributed by atoms with Crippen molar-refractivity contribution < 1.29 is 22.7 Å². The Balaban J connectivity index is 3.25. The highest BCUT2D eigenvalue weighted by Gasteiger charge is 2.12. The number of hydrogen-bond acceptors (Lipinski definition) is 5. The summed E-state index contributed by atoms with van der Waals surface area (Å²) in [5, 5.41) is 0. The lowest BCUT2D eigenvalue weighted by molar-refractivity contribution is -0.131. The molecular weight excluding hydrogens is 258 g/mol. The van der Waals surface area contributed by atoms with Crippen LogP contribution in [0.5, 0.6) is 5.75 Å². The van der Waals surface area contributed by atoms with Crippen LogP contribution in [0.3, 0.4) is 0 Å². The normalized spacial score (nSPS) is 10.8. The Morgan fingerprint density at radius 1 is 1.22 bits per heavy atom. The molecule has 0 amide bonds. The summed E-state index contributed by atoms with van der Waals surface area (Å²) in [5.41, 5.74) is 0.373. The van der Waals surface area contributed by atoms with Crippen molar-refractivity contribution in [3.8, 4) is 5.75 Å². The first-order valence-corrected chi connectivity index (χ1v) is 6.89. The SMILES string of the molecule is CC(=O)Oc1ccc(C(C)=O)cc1NS(C)(=O)=O. The molecule has 1 aromatic carbocycles. The van der Waals surface area contributed by atoms with Gasteiger partial charge < -0.3 is 4.74 Å². The number of esters is 1. The van der Waals surface area contributed by atoms with Gasteiger partial charge >= 0.3 is 5.97 Å². The third-order valence-electron chi connectivity index (χ3n) is 1.94. The Labute approximate surface area is 105 Å². The van der Waals surface area contributed by atoms with Gasteiger partial charge in [-0.2, -0.15) is 0 Å². The summed E-state index contributed by atoms with van der Waals surface area (Å²) in [7, 11) is -3.53. The lowest BCUT2D eigenvalue weighted by Crippen LogP contribution is -2.13. The fourth-order valence-electron chi connectivity index (χ4n) is 1.27. The van der Waals surface area contributed by atoms with E-state index >= 15 is 0 Å². The summed E-state index contributed by atoms with van der Waals surface area (Å²) in [5.74, 6) is -0.749. The van der Waals surface area contributed by atoms with E-state index in [1.165, 1.54) is 32.0 Å². The van der Waals surface area contributed by atoms with Crippen LogP contribution in [0.25, 0.3) is 0 Å². The Hall–Kier alpha value is -1.89. The van der Waals surface area contributed by atoms with Crippen LogP contribution in [0.4, 0.5) is 5.69 Å². The van der Waals surface area contributed by atoms with E-state index in [1.54, 1.807) is 0 Å². The maximum atomic E-state index is 11.2. The number of hydrogen-bond donors (Lipinski definition) is 1. The number of carbonyl (C=O) groups is 2. The highest BCUT2D eigenvalue weighted by Crippen LogP contribution is 2.27. The predicted octanol–water partition coefficient (Wildman–Crippen LogP) is 1.19. The summed E-state index contributed by atoms with van der Waals surface area (Å²) < 4.78 is 29.4. The summed E-state index contributed by atoms with van der Waals surface area (Å²) in [6.45, 7) is 2.55. The molecule has 0 aromatic heterocycles. The topological polar surface area (TPSA) is 89.5 Å². The number of benzene rings is 1. The van der Waals surface area contributed by atoms with Crippen LogP contribution in [0.1, 0.15) is 24.2 Å². The Morgan fingerprint density at radius 3 is 2.28 bits per heavy atom. The van der Waals surface area contributed by atoms with E-state index in [4.69, 9.17) is 4.74 Å². The predicted molar refractivity (Wildman–Crippen MR) is 66.2 cm³/mol. The minimum Gasteiger partial charge on any atom is -0.424 e. The number of sulfonamides is 1. The molecular formula is C11H13NO5S. The quantitative estimate of drug-likeness (QED) is 0.504. The second kappa shape index (κ2) is 5.18. The molecule has 0 aliphatic heterocycles. The number of carbonyl (C=O) groups excluding carboxylic acids is 2. The maximum absolute atomic E-state index is 11.2. The molecule has 0 aliphatic rings. The number of Topliss-reactive ketones (excluding diaryl/α,β-unsaturated/α-hetero) is 1. The Kier molecular flexibility index (Phi) is 4.07. The van der Waals surface area contributed by atoms with Crippen LogP contribution in [-0.4, -0.2) is 26.4 Å². The van der Waals surface area contributed by atoms with Crippen molar-refractivity contribution in [3.63, 3.8) is 0 Å². The number of nitrogens with one attached hydrogen (secondary N) is 1. The molecule has 0 radical (unpaired) electrons. The molecule has 0 unspecified atom stereocenters. The lowest BCUT2D eigenvalue weighted by Gasteiger charge is -2.11. The zero-order valence-electron chi connectivity index (χ0n) is 10.2. The fraction of sp³-hybridized carbons (Fsp3) is 0.273. The number of anilines is 1. The standard InChI is InChI=1S/C11H13NO5S/c1-7(13)9-4-5-11(17-8(2)14)10(6-9)12-18(3,15)16/h4-6,12H,1-3H3. The second-order valence-corrected chi connectivity index (χ2v) is 5.48. The first kappa shape index (κ1) is 14.2. The maximum Gasteiger partial charge on any atom is 0.308 e. The molecule has 0 atom stereocenters. The van der Waals surface area contributed by atoms with Gasteiger partial charge in [0.1, 0.15) is 0 Å². The number of ketones is 1. The summed E-state index contributed by atoms with van der Waals surface area (Å²) >= 11 is 0. The average Bonchev–Trinajstić information content (AvgIpc) is 2.17. The first-order chi connectivity index (χ1) is 8.19. The highest BCUT2D eigenvalue weighted by atomic mass is 32.2. The summed E-state index contributed by atoms with van der Waals surface area (Å²) in [6.07, 6.45) is 0.963. The van der Waals surface area contributed by atoms with Gasteiger partial charge in [-0.05, 0) is 25.1 Å². The molecule has 0 saturated heterocycles. The van der Waals surface area contributed by atoms with Gasteiger partial charge in [-0.15, -0.1) is 0 Å². The van der Waals surface area contributed by atoms with E-state index in [9.17, 15) is 18.0 Å². The van der Waals surface area contributed by atoms with Gasteiger partial charge in [-0.3, -0.25) is 14.3 Å². The molecule has 0 saturated carbocycles. The molecule has 0 heterocycles. The van der Waals surface area contributed by atoms with Crippen LogP contribution in [0.15, 0.2) is 18.2 Å². The van der Waals surface area contributed by atoms with E-state index in [1.807, 2.05) is 0 Å². The van der Waals surface area contributed by atoms with E-state index in [0.717, 1.165) is 6.26 Å². The molecule has 0 spiro atoms. The minimum atomic E-state index is -3.53. The molecule has 0 fully saturated rings. The zero-order chi connectivity index (χ0) is 13.9. The van der Waals surface area contributed by atoms with Crippen molar-refractivity contribution >= 4 is 27.5 Å². The Bertz CT molecular complexity index is 591. The molecule has 18 heavy (non-hydrogen) atoms. The largest absolute Gasteiger partial charge is 0.424 e. The molecule has 1 aromatic rings. The highest BCUT2D eigenvalue weighted by molar-refractivity contribution is 7.92. The average molecular weight is 271 g/mol. The van der Waals surface area contributed by atoms with Crippen molar-refractivity contribution in [3.05, 3.63) is 23.8 Å². The molecule has 6 nitrogen and oxygen atoms in total. The van der Waals surface area contributed by atoms with Crippen LogP contribution >= 0.6 is 0 Å². The fourth-order valence-corrected chi connectivity index (χ4v) is 1.83. The van der Waals surface area contributed by atoms with Crippen molar-refractivity contribution in [1.82, 2.24) is 0 Å². The monoisotopic (exact) mass is 271 g/mol. The summed E-state index contributed by atoms with van der Waals surface area (Å²) in [4.78, 5) is 22.1. The summed E-state index contributed by atoms with van der Waals surface area (Å²) in [6, 6.07) is 4.14. The molecule has 0 bridgehead atoms. The first-order valence-electron chi connectivity index (χ1n) is 5.00. The zero-order valence-corrected chi connectivity index (χ0v) is 11.0. The van der Waals surface area contributed by atoms with Crippen LogP contribution < -0.4 is 9.46 Å². The van der Waals surface area contributed by atoms with Crippen molar-refractivity contribution in [2.75, 3.05) is 11.0 Å². The van der Waals surface area contributed by atoms with Gasteiger partial charge in [0.05, 0.1) is 11.9 Å². The van der Waals surface area contributed by atoms with Gasteiger partial charge in [0.15, 0.2) is 11.5 Å². The van der Waals surface area contributed by atoms with Gasteiger partial charge in [-0.25, -0.2) is 8.42 Å². The van der Waals surface area contributed by atoms with E-state index in [2.05, 4.69) is 4.72 Å². The molecule has 1 N–H and O–H groups in total. The van der Waals surface area contributed by atoms with Gasteiger partial charge in [0.25, 0.3) is 0 Å². The van der Waals surface area contributed by atoms with E-state index in [-0.39, 0.29) is 17.2 Å². The van der Waals surface area contributed by atoms with Crippen LogP contribution in [0.2, 0.25) is 0 Å². The number of rotatable bonds is 4. The third kappa shape index (κ3) is 4.17. The van der Waals surface area contributed by atoms with Crippen molar-refractivity contribution in [1.29, 1.82) is 0 Å². The molecule has 7 heteroatoms. The second-order valence-electron chi connectivity index (χ2n) is 3.73. The van der Waals surface area contributed by atoms with Crippen molar-refractivity contribution in [2.45, 2.75) is 13.8 Å². The smallest absolute Gasteiger partial charge is 0.308 e. The van der Waals surface area contributed by atoms with Crippen LogP contribution in [0, 0.1) is 0 Å². The molecule has 1 rings (SSSR count). The van der Waals surface area contributed by atoms with Crippen molar-refractivity contribution in [2.24, 2.45) is 0 Å². The van der Waals surface area contributed by atoms with Gasteiger partial charge in [0.2, 0.25) is 10.0 Å². The van der Waals surface area contributed by atoms with E-state index < -0.39 is 16.0 Å². The van der Waals surface area contributed by atoms with Gasteiger partial charge in [-0.1, -0.05) is 0 Å². The lowest BCUT2D eigenvalue weighted by atomic mass is 10.1. The van der Waals surface area contributed by atoms with Crippen LogP contribution in [-0.2, 0) is 14.8 Å².